The Labute approximate surface area is 187 Å². The summed E-state index contributed by atoms with van der Waals surface area (Å²) in [5.41, 5.74) is 9.77. The van der Waals surface area contributed by atoms with Gasteiger partial charge >= 0.3 is 0 Å². The number of hydrogen-bond acceptors (Lipinski definition) is 7. The number of benzene rings is 2. The van der Waals surface area contributed by atoms with Crippen LogP contribution in [0.3, 0.4) is 0 Å². The van der Waals surface area contributed by atoms with Gasteiger partial charge in [-0.25, -0.2) is 0 Å². The Morgan fingerprint density at radius 2 is 1.87 bits per heavy atom. The molecular formula is C22H18ClN5O2S. The lowest BCUT2D eigenvalue weighted by Crippen LogP contribution is -2.13. The Bertz CT molecular complexity index is 1200. The largest absolute Gasteiger partial charge is 0.464 e. The second-order valence-electron chi connectivity index (χ2n) is 6.52. The van der Waals surface area contributed by atoms with Crippen molar-refractivity contribution in [1.82, 2.24) is 15.2 Å². The minimum absolute atomic E-state index is 0.315. The van der Waals surface area contributed by atoms with Gasteiger partial charge in [-0.1, -0.05) is 53.1 Å². The molecule has 0 saturated heterocycles. The molecule has 3 N–H and O–H groups in total. The molecule has 9 heteroatoms. The molecule has 0 fully saturated rings. The van der Waals surface area contributed by atoms with E-state index in [0.717, 1.165) is 28.0 Å². The van der Waals surface area contributed by atoms with Crippen LogP contribution in [0.25, 0.3) is 11.1 Å². The fourth-order valence-electron chi connectivity index (χ4n) is 2.98. The number of ether oxygens (including phenoxy) is 1. The van der Waals surface area contributed by atoms with Crippen LogP contribution in [-0.4, -0.2) is 21.1 Å². The van der Waals surface area contributed by atoms with E-state index in [4.69, 9.17) is 22.1 Å². The average molecular weight is 452 g/mol. The minimum Gasteiger partial charge on any atom is -0.464 e. The molecule has 4 aromatic rings. The van der Waals surface area contributed by atoms with Gasteiger partial charge in [-0.2, -0.15) is 0 Å². The van der Waals surface area contributed by atoms with Crippen LogP contribution in [-0.2, 0) is 13.2 Å². The number of aromatic nitrogens is 3. The lowest BCUT2D eigenvalue weighted by molar-refractivity contribution is 0.102. The summed E-state index contributed by atoms with van der Waals surface area (Å²) in [5.74, 6) is -0.315. The van der Waals surface area contributed by atoms with Crippen molar-refractivity contribution in [3.05, 3.63) is 88.7 Å². The molecule has 2 aromatic heterocycles. The number of nitrogens with zero attached hydrogens (tertiary/aromatic N) is 3. The number of carbonyl (C=O) groups excluding carboxylic acids is 1. The Kier molecular flexibility index (Phi) is 6.51. The minimum atomic E-state index is -0.315. The average Bonchev–Trinajstić information content (AvgIpc) is 3.26. The lowest BCUT2D eigenvalue weighted by Gasteiger charge is -2.11. The number of pyridine rings is 1. The number of carbonyl (C=O) groups is 1. The van der Waals surface area contributed by atoms with E-state index in [1.165, 1.54) is 0 Å². The predicted molar refractivity (Wildman–Crippen MR) is 121 cm³/mol. The highest BCUT2D eigenvalue weighted by molar-refractivity contribution is 7.17. The molecule has 0 spiro atoms. The van der Waals surface area contributed by atoms with Gasteiger partial charge in [-0.05, 0) is 46.2 Å². The standard InChI is InChI=1S/C22H18ClN5O2S/c23-16-7-5-14(6-8-16)13-30-22-28-27-21(31-22)26-20(29)18-9-10-25-12-19(18)17-4-2-1-3-15(17)11-24/h1-10,12H,11,13,24H2,(H,26,27,29). The van der Waals surface area contributed by atoms with Gasteiger partial charge in [0.05, 0.1) is 5.56 Å². The first-order valence-corrected chi connectivity index (χ1v) is 10.6. The molecule has 0 aliphatic heterocycles. The van der Waals surface area contributed by atoms with Gasteiger partial charge in [-0.15, -0.1) is 5.10 Å². The second kappa shape index (κ2) is 9.65. The SMILES string of the molecule is NCc1ccccc1-c1cnccc1C(=O)Nc1nnc(OCc2ccc(Cl)cc2)s1. The number of nitrogens with two attached hydrogens (primary N) is 1. The highest BCUT2D eigenvalue weighted by Gasteiger charge is 2.17. The molecular weight excluding hydrogens is 434 g/mol. The maximum Gasteiger partial charge on any atom is 0.296 e. The summed E-state index contributed by atoms with van der Waals surface area (Å²) >= 11 is 7.04. The summed E-state index contributed by atoms with van der Waals surface area (Å²) in [6.45, 7) is 0.682. The van der Waals surface area contributed by atoms with E-state index in [-0.39, 0.29) is 5.91 Å². The molecule has 0 saturated carbocycles. The van der Waals surface area contributed by atoms with Crippen LogP contribution in [0.1, 0.15) is 21.5 Å². The number of hydrogen-bond donors (Lipinski definition) is 2. The van der Waals surface area contributed by atoms with Crippen molar-refractivity contribution in [1.29, 1.82) is 0 Å². The van der Waals surface area contributed by atoms with Crippen LogP contribution in [0.2, 0.25) is 5.02 Å². The number of rotatable bonds is 7. The number of halogens is 1. The van der Waals surface area contributed by atoms with Crippen LogP contribution >= 0.6 is 22.9 Å². The van der Waals surface area contributed by atoms with Gasteiger partial charge in [0.1, 0.15) is 6.61 Å². The molecule has 0 atom stereocenters. The van der Waals surface area contributed by atoms with Crippen molar-refractivity contribution in [3.8, 4) is 16.3 Å². The molecule has 0 radical (unpaired) electrons. The molecule has 0 aliphatic rings. The molecule has 7 nitrogen and oxygen atoms in total. The molecule has 0 unspecified atom stereocenters. The third kappa shape index (κ3) is 5.05. The molecule has 0 aliphatic carbocycles. The van der Waals surface area contributed by atoms with Crippen LogP contribution in [0.15, 0.2) is 67.0 Å². The molecule has 31 heavy (non-hydrogen) atoms. The van der Waals surface area contributed by atoms with E-state index in [1.54, 1.807) is 30.6 Å². The smallest absolute Gasteiger partial charge is 0.296 e. The first-order valence-electron chi connectivity index (χ1n) is 9.38. The Morgan fingerprint density at radius 3 is 2.68 bits per heavy atom. The van der Waals surface area contributed by atoms with E-state index in [0.29, 0.717) is 39.6 Å². The van der Waals surface area contributed by atoms with E-state index in [1.807, 2.05) is 36.4 Å². The van der Waals surface area contributed by atoms with Crippen molar-refractivity contribution in [3.63, 3.8) is 0 Å². The van der Waals surface area contributed by atoms with Gasteiger partial charge in [0.2, 0.25) is 5.13 Å². The first kappa shape index (κ1) is 20.9. The Hall–Kier alpha value is -3.33. The van der Waals surface area contributed by atoms with Gasteiger partial charge in [0.15, 0.2) is 0 Å². The fraction of sp³-hybridized carbons (Fsp3) is 0.0909. The van der Waals surface area contributed by atoms with Gasteiger partial charge < -0.3 is 10.5 Å². The van der Waals surface area contributed by atoms with Crippen molar-refractivity contribution >= 4 is 34.0 Å². The summed E-state index contributed by atoms with van der Waals surface area (Å²) in [7, 11) is 0. The maximum atomic E-state index is 12.9. The quantitative estimate of drug-likeness (QED) is 0.427. The van der Waals surface area contributed by atoms with E-state index in [2.05, 4.69) is 20.5 Å². The van der Waals surface area contributed by atoms with Gasteiger partial charge in [0, 0.05) is 29.5 Å². The van der Waals surface area contributed by atoms with Crippen LogP contribution in [0.5, 0.6) is 5.19 Å². The summed E-state index contributed by atoms with van der Waals surface area (Å²) in [5, 5.41) is 12.1. The Morgan fingerprint density at radius 1 is 1.06 bits per heavy atom. The molecule has 4 rings (SSSR count). The zero-order chi connectivity index (χ0) is 21.6. The molecule has 2 heterocycles. The fourth-order valence-corrected chi connectivity index (χ4v) is 3.69. The highest BCUT2D eigenvalue weighted by atomic mass is 35.5. The van der Waals surface area contributed by atoms with Gasteiger partial charge in [-0.3, -0.25) is 15.1 Å². The number of amides is 1. The maximum absolute atomic E-state index is 12.9. The molecule has 156 valence electrons. The van der Waals surface area contributed by atoms with E-state index in [9.17, 15) is 4.79 Å². The van der Waals surface area contributed by atoms with Crippen molar-refractivity contribution in [2.24, 2.45) is 5.73 Å². The second-order valence-corrected chi connectivity index (χ2v) is 7.90. The first-order chi connectivity index (χ1) is 15.1. The number of anilines is 1. The zero-order valence-corrected chi connectivity index (χ0v) is 17.9. The summed E-state index contributed by atoms with van der Waals surface area (Å²) < 4.78 is 5.65. The Balaban J connectivity index is 1.48. The molecule has 2 aromatic carbocycles. The van der Waals surface area contributed by atoms with Crippen molar-refractivity contribution in [2.75, 3.05) is 5.32 Å². The van der Waals surface area contributed by atoms with Crippen molar-refractivity contribution < 1.29 is 9.53 Å². The van der Waals surface area contributed by atoms with Crippen molar-refractivity contribution in [2.45, 2.75) is 13.2 Å². The summed E-state index contributed by atoms with van der Waals surface area (Å²) in [4.78, 5) is 17.1. The van der Waals surface area contributed by atoms with Crippen LogP contribution in [0.4, 0.5) is 5.13 Å². The summed E-state index contributed by atoms with van der Waals surface area (Å²) in [6, 6.07) is 16.7. The normalized spacial score (nSPS) is 10.6. The molecule has 1 amide bonds. The topological polar surface area (TPSA) is 103 Å². The third-order valence-corrected chi connectivity index (χ3v) is 5.50. The summed E-state index contributed by atoms with van der Waals surface area (Å²) in [6.07, 6.45) is 3.23. The zero-order valence-electron chi connectivity index (χ0n) is 16.3. The van der Waals surface area contributed by atoms with E-state index < -0.39 is 0 Å². The van der Waals surface area contributed by atoms with Crippen LogP contribution in [0, 0.1) is 0 Å². The predicted octanol–water partition coefficient (Wildman–Crippen LogP) is 4.54. The number of nitrogens with one attached hydrogen (secondary N) is 1. The monoisotopic (exact) mass is 451 g/mol. The van der Waals surface area contributed by atoms with Crippen LogP contribution < -0.4 is 15.8 Å². The lowest BCUT2D eigenvalue weighted by atomic mass is 9.97. The van der Waals surface area contributed by atoms with E-state index >= 15 is 0 Å². The highest BCUT2D eigenvalue weighted by Crippen LogP contribution is 2.28. The van der Waals surface area contributed by atoms with Gasteiger partial charge in [0.25, 0.3) is 11.1 Å². The molecule has 0 bridgehead atoms. The third-order valence-electron chi connectivity index (χ3n) is 4.50.